The smallest absolute Gasteiger partial charge is 0.336 e. The summed E-state index contributed by atoms with van der Waals surface area (Å²) in [6.07, 6.45) is 0.296. The molecular weight excluding hydrogens is 502 g/mol. The van der Waals surface area contributed by atoms with Gasteiger partial charge in [-0.3, -0.25) is 9.59 Å². The van der Waals surface area contributed by atoms with E-state index in [1.165, 1.54) is 13.2 Å². The fourth-order valence-electron chi connectivity index (χ4n) is 5.49. The van der Waals surface area contributed by atoms with E-state index in [2.05, 4.69) is 5.32 Å². The Balaban J connectivity index is 1.94. The normalized spacial score (nSPS) is 20.6. The van der Waals surface area contributed by atoms with Crippen LogP contribution < -0.4 is 14.8 Å². The molecule has 9 nitrogen and oxygen atoms in total. The van der Waals surface area contributed by atoms with E-state index in [0.717, 1.165) is 0 Å². The van der Waals surface area contributed by atoms with E-state index in [0.29, 0.717) is 34.7 Å². The SMILES string of the molecule is CCOC(=O)C1=C(C)NC2=C(C(=O)[C@H](C(=O)OCC)[C@@H](c3ccccc3OC)C2)[C@@H]1c1ccc(O)c(OC)c1. The summed E-state index contributed by atoms with van der Waals surface area (Å²) in [5, 5.41) is 13.5. The Hall–Kier alpha value is -4.27. The van der Waals surface area contributed by atoms with Crippen molar-refractivity contribution in [3.63, 3.8) is 0 Å². The zero-order valence-corrected chi connectivity index (χ0v) is 22.7. The lowest BCUT2D eigenvalue weighted by Gasteiger charge is -2.39. The van der Waals surface area contributed by atoms with Gasteiger partial charge < -0.3 is 29.4 Å². The Kier molecular flexibility index (Phi) is 8.28. The molecule has 2 N–H and O–H groups in total. The lowest BCUT2D eigenvalue weighted by Crippen LogP contribution is -2.43. The van der Waals surface area contributed by atoms with Crippen molar-refractivity contribution in [3.05, 3.63) is 76.1 Å². The highest BCUT2D eigenvalue weighted by Crippen LogP contribution is 2.50. The van der Waals surface area contributed by atoms with Crippen LogP contribution in [0.25, 0.3) is 0 Å². The van der Waals surface area contributed by atoms with Gasteiger partial charge in [-0.2, -0.15) is 0 Å². The first kappa shape index (κ1) is 27.8. The summed E-state index contributed by atoms with van der Waals surface area (Å²) in [6.45, 7) is 5.39. The summed E-state index contributed by atoms with van der Waals surface area (Å²) < 4.78 is 21.6. The van der Waals surface area contributed by atoms with Gasteiger partial charge in [-0.05, 0) is 56.5 Å². The van der Waals surface area contributed by atoms with Gasteiger partial charge in [0.05, 0.1) is 33.0 Å². The van der Waals surface area contributed by atoms with Gasteiger partial charge in [-0.1, -0.05) is 24.3 Å². The average Bonchev–Trinajstić information content (AvgIpc) is 2.92. The first-order chi connectivity index (χ1) is 18.8. The second-order valence-electron chi connectivity index (χ2n) is 9.29. The molecule has 0 radical (unpaired) electrons. The van der Waals surface area contributed by atoms with Crippen LogP contribution in [0.2, 0.25) is 0 Å². The molecule has 0 unspecified atom stereocenters. The van der Waals surface area contributed by atoms with Crippen LogP contribution in [0, 0.1) is 5.92 Å². The van der Waals surface area contributed by atoms with Crippen molar-refractivity contribution in [2.24, 2.45) is 5.92 Å². The predicted molar refractivity (Wildman–Crippen MR) is 142 cm³/mol. The number of para-hydroxylation sites is 1. The van der Waals surface area contributed by atoms with Crippen molar-refractivity contribution in [1.29, 1.82) is 0 Å². The lowest BCUT2D eigenvalue weighted by molar-refractivity contribution is -0.152. The molecule has 4 rings (SSSR count). The average molecular weight is 536 g/mol. The van der Waals surface area contributed by atoms with Crippen molar-refractivity contribution in [2.45, 2.75) is 39.0 Å². The maximum absolute atomic E-state index is 14.4. The zero-order chi connectivity index (χ0) is 28.3. The number of Topliss-reactive ketones (excluding diaryl/α,β-unsaturated/α-hetero) is 1. The largest absolute Gasteiger partial charge is 0.504 e. The number of aromatic hydroxyl groups is 1. The van der Waals surface area contributed by atoms with E-state index in [9.17, 15) is 19.5 Å². The number of carbonyl (C=O) groups excluding carboxylic acids is 3. The Morgan fingerprint density at radius 2 is 1.69 bits per heavy atom. The first-order valence-electron chi connectivity index (χ1n) is 12.9. The number of nitrogens with one attached hydrogen (secondary N) is 1. The van der Waals surface area contributed by atoms with E-state index < -0.39 is 35.5 Å². The molecule has 1 heterocycles. The van der Waals surface area contributed by atoms with Crippen LogP contribution in [0.4, 0.5) is 0 Å². The van der Waals surface area contributed by atoms with E-state index in [4.69, 9.17) is 18.9 Å². The topological polar surface area (TPSA) is 120 Å². The molecule has 0 bridgehead atoms. The highest BCUT2D eigenvalue weighted by molar-refractivity contribution is 6.13. The molecule has 1 aliphatic carbocycles. The molecule has 2 aliphatic rings. The lowest BCUT2D eigenvalue weighted by atomic mass is 9.67. The van der Waals surface area contributed by atoms with Crippen molar-refractivity contribution in [3.8, 4) is 17.2 Å². The summed E-state index contributed by atoms with van der Waals surface area (Å²) in [5.41, 5.74) is 2.90. The van der Waals surface area contributed by atoms with E-state index in [1.54, 1.807) is 46.1 Å². The number of dihydropyridines is 1. The number of methoxy groups -OCH3 is 2. The van der Waals surface area contributed by atoms with Gasteiger partial charge in [0, 0.05) is 28.8 Å². The molecule has 0 aromatic heterocycles. The van der Waals surface area contributed by atoms with Crippen molar-refractivity contribution in [2.75, 3.05) is 27.4 Å². The van der Waals surface area contributed by atoms with Crippen LogP contribution in [-0.2, 0) is 23.9 Å². The van der Waals surface area contributed by atoms with Gasteiger partial charge in [-0.25, -0.2) is 4.79 Å². The zero-order valence-electron chi connectivity index (χ0n) is 22.7. The third kappa shape index (κ3) is 5.08. The number of carbonyl (C=O) groups is 3. The second kappa shape index (κ2) is 11.6. The van der Waals surface area contributed by atoms with Gasteiger partial charge >= 0.3 is 11.9 Å². The van der Waals surface area contributed by atoms with Gasteiger partial charge in [0.1, 0.15) is 11.7 Å². The standard InChI is InChI=1S/C30H33NO8/c1-6-38-29(34)24-16(3)31-20-15-19(18-10-8-9-11-22(18)36-4)26(30(35)39-7-2)28(33)27(20)25(24)17-12-13-21(32)23(14-17)37-5/h8-14,19,25-26,31-32H,6-7,15H2,1-5H3/t19-,25-,26-/m1/s1. The number of hydrogen-bond acceptors (Lipinski definition) is 9. The highest BCUT2D eigenvalue weighted by Gasteiger charge is 2.49. The van der Waals surface area contributed by atoms with Gasteiger partial charge in [0.25, 0.3) is 0 Å². The Labute approximate surface area is 227 Å². The summed E-state index contributed by atoms with van der Waals surface area (Å²) in [4.78, 5) is 41.0. The van der Waals surface area contributed by atoms with Crippen molar-refractivity contribution in [1.82, 2.24) is 5.32 Å². The highest BCUT2D eigenvalue weighted by atomic mass is 16.5. The first-order valence-corrected chi connectivity index (χ1v) is 12.9. The molecule has 2 aromatic rings. The van der Waals surface area contributed by atoms with Crippen LogP contribution in [0.5, 0.6) is 17.2 Å². The van der Waals surface area contributed by atoms with Crippen molar-refractivity contribution >= 4 is 17.7 Å². The quantitative estimate of drug-likeness (QED) is 0.380. The Morgan fingerprint density at radius 1 is 1.00 bits per heavy atom. The Morgan fingerprint density at radius 3 is 2.36 bits per heavy atom. The number of ether oxygens (including phenoxy) is 4. The third-order valence-corrected chi connectivity index (χ3v) is 7.13. The monoisotopic (exact) mass is 535 g/mol. The van der Waals surface area contributed by atoms with E-state index >= 15 is 0 Å². The summed E-state index contributed by atoms with van der Waals surface area (Å²) in [6, 6.07) is 11.9. The molecule has 1 aliphatic heterocycles. The molecule has 0 saturated carbocycles. The third-order valence-electron chi connectivity index (χ3n) is 7.13. The number of rotatable bonds is 8. The van der Waals surface area contributed by atoms with Gasteiger partial charge in [0.2, 0.25) is 0 Å². The van der Waals surface area contributed by atoms with Crippen LogP contribution >= 0.6 is 0 Å². The number of benzene rings is 2. The van der Waals surface area contributed by atoms with E-state index in [1.807, 2.05) is 18.2 Å². The van der Waals surface area contributed by atoms with Crippen LogP contribution in [0.15, 0.2) is 65.0 Å². The fraction of sp³-hybridized carbons (Fsp3) is 0.367. The number of ketones is 1. The molecule has 3 atom stereocenters. The molecule has 0 fully saturated rings. The molecule has 206 valence electrons. The van der Waals surface area contributed by atoms with Gasteiger partial charge in [-0.15, -0.1) is 0 Å². The summed E-state index contributed by atoms with van der Waals surface area (Å²) >= 11 is 0. The maximum Gasteiger partial charge on any atom is 0.336 e. The van der Waals surface area contributed by atoms with Gasteiger partial charge in [0.15, 0.2) is 17.3 Å². The molecular formula is C30H33NO8. The molecule has 0 amide bonds. The van der Waals surface area contributed by atoms with Crippen molar-refractivity contribution < 1.29 is 38.4 Å². The Bertz CT molecular complexity index is 1360. The number of phenols is 1. The summed E-state index contributed by atoms with van der Waals surface area (Å²) in [5.74, 6) is -3.61. The number of hydrogen-bond donors (Lipinski definition) is 2. The molecule has 0 saturated heterocycles. The van der Waals surface area contributed by atoms with Crippen LogP contribution in [-0.4, -0.2) is 50.3 Å². The maximum atomic E-state index is 14.4. The fourth-order valence-corrected chi connectivity index (χ4v) is 5.49. The molecule has 0 spiro atoms. The number of esters is 2. The minimum atomic E-state index is -1.16. The molecule has 39 heavy (non-hydrogen) atoms. The molecule has 9 heteroatoms. The minimum Gasteiger partial charge on any atom is -0.504 e. The van der Waals surface area contributed by atoms with Crippen LogP contribution in [0.1, 0.15) is 50.2 Å². The summed E-state index contributed by atoms with van der Waals surface area (Å²) in [7, 11) is 2.96. The minimum absolute atomic E-state index is 0.0848. The molecule has 2 aromatic carbocycles. The number of phenolic OH excluding ortho intramolecular Hbond substituents is 1. The predicted octanol–water partition coefficient (Wildman–Crippen LogP) is 4.12. The number of allylic oxidation sites excluding steroid dienone is 3. The van der Waals surface area contributed by atoms with Crippen LogP contribution in [0.3, 0.4) is 0 Å². The second-order valence-corrected chi connectivity index (χ2v) is 9.29. The van der Waals surface area contributed by atoms with E-state index in [-0.39, 0.29) is 35.9 Å².